The lowest BCUT2D eigenvalue weighted by Crippen LogP contribution is -1.99. The lowest BCUT2D eigenvalue weighted by molar-refractivity contribution is -0.385. The smallest absolute Gasteiger partial charge is 0.308 e. The van der Waals surface area contributed by atoms with Gasteiger partial charge in [0.05, 0.1) is 15.8 Å². The number of carboxylic acids is 1. The van der Waals surface area contributed by atoms with Crippen LogP contribution in [0.1, 0.15) is 9.75 Å². The average molecular weight is 371 g/mol. The first kappa shape index (κ1) is 15.5. The van der Waals surface area contributed by atoms with Crippen LogP contribution in [-0.4, -0.2) is 16.0 Å². The molecule has 110 valence electrons. The fourth-order valence-corrected chi connectivity index (χ4v) is 3.05. The molecule has 1 heterocycles. The van der Waals surface area contributed by atoms with Gasteiger partial charge in [-0.25, -0.2) is 0 Å². The normalized spacial score (nSPS) is 10.3. The molecule has 2 N–H and O–H groups in total. The Morgan fingerprint density at radius 2 is 2.05 bits per heavy atom. The van der Waals surface area contributed by atoms with E-state index in [0.717, 1.165) is 9.75 Å². The quantitative estimate of drug-likeness (QED) is 0.597. The first-order valence-corrected chi connectivity index (χ1v) is 7.54. The van der Waals surface area contributed by atoms with Crippen molar-refractivity contribution < 1.29 is 14.8 Å². The molecule has 0 fully saturated rings. The number of thiophene rings is 1. The van der Waals surface area contributed by atoms with Crippen LogP contribution >= 0.6 is 27.3 Å². The zero-order valence-corrected chi connectivity index (χ0v) is 13.1. The summed E-state index contributed by atoms with van der Waals surface area (Å²) in [5, 5.41) is 22.7. The molecule has 0 bridgehead atoms. The van der Waals surface area contributed by atoms with Crippen LogP contribution in [0.25, 0.3) is 0 Å². The summed E-state index contributed by atoms with van der Waals surface area (Å²) in [4.78, 5) is 22.8. The van der Waals surface area contributed by atoms with Crippen molar-refractivity contribution in [1.82, 2.24) is 0 Å². The van der Waals surface area contributed by atoms with E-state index in [0.29, 0.717) is 16.7 Å². The van der Waals surface area contributed by atoms with Gasteiger partial charge in [0.2, 0.25) is 0 Å². The van der Waals surface area contributed by atoms with E-state index in [1.165, 1.54) is 17.4 Å². The Morgan fingerprint density at radius 1 is 1.33 bits per heavy atom. The van der Waals surface area contributed by atoms with Gasteiger partial charge in [-0.3, -0.25) is 14.9 Å². The molecule has 8 heteroatoms. The first-order chi connectivity index (χ1) is 9.95. The number of nitrogens with one attached hydrogen (secondary N) is 1. The summed E-state index contributed by atoms with van der Waals surface area (Å²) in [6, 6.07) is 8.44. The highest BCUT2D eigenvalue weighted by molar-refractivity contribution is 9.10. The highest BCUT2D eigenvalue weighted by Crippen LogP contribution is 2.28. The molecular weight excluding hydrogens is 360 g/mol. The Bertz CT molecular complexity index is 687. The van der Waals surface area contributed by atoms with Gasteiger partial charge in [0, 0.05) is 28.1 Å². The summed E-state index contributed by atoms with van der Waals surface area (Å²) in [6.07, 6.45) is 0.00836. The monoisotopic (exact) mass is 370 g/mol. The molecule has 0 unspecified atom stereocenters. The van der Waals surface area contributed by atoms with Crippen LogP contribution in [0, 0.1) is 10.1 Å². The molecule has 0 saturated heterocycles. The molecule has 1 aromatic heterocycles. The Kier molecular flexibility index (Phi) is 4.92. The van der Waals surface area contributed by atoms with E-state index in [4.69, 9.17) is 5.11 Å². The number of carbonyl (C=O) groups is 1. The zero-order chi connectivity index (χ0) is 15.4. The molecule has 0 radical (unpaired) electrons. The molecule has 0 aliphatic heterocycles. The van der Waals surface area contributed by atoms with Crippen LogP contribution in [-0.2, 0) is 17.8 Å². The number of nitrogens with zero attached hydrogens (tertiary/aromatic N) is 1. The number of aliphatic carboxylic acids is 1. The summed E-state index contributed by atoms with van der Waals surface area (Å²) in [7, 11) is 0. The van der Waals surface area contributed by atoms with Crippen molar-refractivity contribution in [2.45, 2.75) is 13.0 Å². The van der Waals surface area contributed by atoms with Crippen molar-refractivity contribution >= 4 is 44.6 Å². The van der Waals surface area contributed by atoms with Gasteiger partial charge in [-0.2, -0.15) is 0 Å². The lowest BCUT2D eigenvalue weighted by Gasteiger charge is -2.05. The van der Waals surface area contributed by atoms with E-state index in [-0.39, 0.29) is 12.1 Å². The minimum absolute atomic E-state index is 0.00209. The number of nitro benzene ring substituents is 1. The van der Waals surface area contributed by atoms with E-state index in [1.54, 1.807) is 18.2 Å². The van der Waals surface area contributed by atoms with Crippen molar-refractivity contribution in [3.05, 3.63) is 54.7 Å². The van der Waals surface area contributed by atoms with E-state index < -0.39 is 10.9 Å². The van der Waals surface area contributed by atoms with Gasteiger partial charge in [0.15, 0.2) is 0 Å². The van der Waals surface area contributed by atoms with Crippen molar-refractivity contribution in [2.75, 3.05) is 5.32 Å². The van der Waals surface area contributed by atoms with E-state index in [9.17, 15) is 14.9 Å². The van der Waals surface area contributed by atoms with Gasteiger partial charge >= 0.3 is 5.97 Å². The standard InChI is InChI=1S/C13H11BrN2O4S/c14-11-4-1-8(5-12(11)16(19)20)15-7-10-3-2-9(21-10)6-13(17)18/h1-5,15H,6-7H2,(H,17,18). The van der Waals surface area contributed by atoms with Crippen LogP contribution in [0.3, 0.4) is 0 Å². The first-order valence-electron chi connectivity index (χ1n) is 5.93. The molecule has 2 rings (SSSR count). The van der Waals surface area contributed by atoms with Gasteiger partial charge in [0.1, 0.15) is 0 Å². The van der Waals surface area contributed by atoms with Gasteiger partial charge in [-0.05, 0) is 40.2 Å². The van der Waals surface area contributed by atoms with Crippen LogP contribution in [0.5, 0.6) is 0 Å². The average Bonchev–Trinajstić information content (AvgIpc) is 2.84. The highest BCUT2D eigenvalue weighted by atomic mass is 79.9. The number of rotatable bonds is 6. The van der Waals surface area contributed by atoms with Gasteiger partial charge < -0.3 is 10.4 Å². The predicted molar refractivity (Wildman–Crippen MR) is 83.8 cm³/mol. The fourth-order valence-electron chi connectivity index (χ4n) is 1.71. The molecule has 0 aliphatic rings. The van der Waals surface area contributed by atoms with Crippen LogP contribution in [0.15, 0.2) is 34.8 Å². The maximum Gasteiger partial charge on any atom is 0.308 e. The Balaban J connectivity index is 2.03. The molecule has 0 amide bonds. The number of halogens is 1. The van der Waals surface area contributed by atoms with E-state index in [1.807, 2.05) is 6.07 Å². The third-order valence-corrected chi connectivity index (χ3v) is 4.41. The molecule has 1 aromatic carbocycles. The summed E-state index contributed by atoms with van der Waals surface area (Å²) in [5.41, 5.74) is 0.635. The Morgan fingerprint density at radius 3 is 2.71 bits per heavy atom. The van der Waals surface area contributed by atoms with Gasteiger partial charge in [-0.15, -0.1) is 11.3 Å². The number of hydrogen-bond donors (Lipinski definition) is 2. The van der Waals surface area contributed by atoms with Crippen molar-refractivity contribution in [3.63, 3.8) is 0 Å². The van der Waals surface area contributed by atoms with E-state index in [2.05, 4.69) is 21.2 Å². The van der Waals surface area contributed by atoms with Crippen LogP contribution in [0.4, 0.5) is 11.4 Å². The summed E-state index contributed by atoms with van der Waals surface area (Å²) in [6.45, 7) is 0.489. The third kappa shape index (κ3) is 4.27. The minimum Gasteiger partial charge on any atom is -0.481 e. The summed E-state index contributed by atoms with van der Waals surface area (Å²) >= 11 is 4.54. The topological polar surface area (TPSA) is 92.5 Å². The van der Waals surface area contributed by atoms with Crippen molar-refractivity contribution in [3.8, 4) is 0 Å². The second-order valence-electron chi connectivity index (χ2n) is 4.22. The number of benzene rings is 1. The molecule has 21 heavy (non-hydrogen) atoms. The van der Waals surface area contributed by atoms with Crippen molar-refractivity contribution in [1.29, 1.82) is 0 Å². The molecule has 0 atom stereocenters. The molecular formula is C13H11BrN2O4S. The maximum absolute atomic E-state index is 10.8. The lowest BCUT2D eigenvalue weighted by atomic mass is 10.3. The van der Waals surface area contributed by atoms with Crippen molar-refractivity contribution in [2.24, 2.45) is 0 Å². The second-order valence-corrected chi connectivity index (χ2v) is 6.32. The zero-order valence-electron chi connectivity index (χ0n) is 10.7. The number of anilines is 1. The fraction of sp³-hybridized carbons (Fsp3) is 0.154. The van der Waals surface area contributed by atoms with Gasteiger partial charge in [-0.1, -0.05) is 0 Å². The number of nitro groups is 1. The van der Waals surface area contributed by atoms with Gasteiger partial charge in [0.25, 0.3) is 5.69 Å². The van der Waals surface area contributed by atoms with Crippen LogP contribution in [0.2, 0.25) is 0 Å². The van der Waals surface area contributed by atoms with E-state index >= 15 is 0 Å². The highest BCUT2D eigenvalue weighted by Gasteiger charge is 2.12. The third-order valence-electron chi connectivity index (χ3n) is 2.65. The SMILES string of the molecule is O=C(O)Cc1ccc(CNc2ccc(Br)c([N+](=O)[O-])c2)s1. The largest absolute Gasteiger partial charge is 0.481 e. The molecule has 2 aromatic rings. The maximum atomic E-state index is 10.8. The Labute approximate surface area is 132 Å². The summed E-state index contributed by atoms with van der Waals surface area (Å²) < 4.78 is 0.429. The predicted octanol–water partition coefficient (Wildman–Crippen LogP) is 3.66. The molecule has 0 spiro atoms. The Hall–Kier alpha value is -1.93. The molecule has 0 saturated carbocycles. The second kappa shape index (κ2) is 6.68. The van der Waals surface area contributed by atoms with Crippen LogP contribution < -0.4 is 5.32 Å². The molecule has 6 nitrogen and oxygen atoms in total. The number of carboxylic acid groups (broad SMARTS) is 1. The minimum atomic E-state index is -0.861. The number of hydrogen-bond acceptors (Lipinski definition) is 5. The summed E-state index contributed by atoms with van der Waals surface area (Å²) in [5.74, 6) is -0.861. The molecule has 0 aliphatic carbocycles.